The van der Waals surface area contributed by atoms with Crippen LogP contribution in [0.4, 0.5) is 5.69 Å². The summed E-state index contributed by atoms with van der Waals surface area (Å²) in [5.74, 6) is 3.02. The molecule has 5 fully saturated rings. The molecule has 1 amide bonds. The molecule has 182 valence electrons. The molecule has 2 aromatic rings. The lowest BCUT2D eigenvalue weighted by atomic mass is 9.53. The predicted molar refractivity (Wildman–Crippen MR) is 127 cm³/mol. The average Bonchev–Trinajstić information content (AvgIpc) is 3.57. The Labute approximate surface area is 200 Å². The minimum absolute atomic E-state index is 0.0133. The van der Waals surface area contributed by atoms with Gasteiger partial charge >= 0.3 is 0 Å². The topological polar surface area (TPSA) is 88.7 Å². The second kappa shape index (κ2) is 7.80. The number of fused-ring (bicyclic) bond motifs is 3. The highest BCUT2D eigenvalue weighted by atomic mass is 16.5. The van der Waals surface area contributed by atoms with E-state index < -0.39 is 5.60 Å². The SMILES string of the molecule is COc1cccc(N(CC23CCC(c4nc(C5CC5)no4)(CC2)CC3)C(=O)C2CC(C)(O)C2)c1. The minimum atomic E-state index is -0.725. The van der Waals surface area contributed by atoms with E-state index in [0.29, 0.717) is 25.3 Å². The van der Waals surface area contributed by atoms with Gasteiger partial charge in [-0.15, -0.1) is 0 Å². The highest BCUT2D eigenvalue weighted by molar-refractivity contribution is 5.96. The summed E-state index contributed by atoms with van der Waals surface area (Å²) in [4.78, 5) is 20.5. The van der Waals surface area contributed by atoms with Crippen molar-refractivity contribution in [1.82, 2.24) is 10.1 Å². The number of carbonyl (C=O) groups is 1. The third kappa shape index (κ3) is 3.82. The lowest BCUT2D eigenvalue weighted by Gasteiger charge is -2.53. The lowest BCUT2D eigenvalue weighted by molar-refractivity contribution is -0.137. The Bertz CT molecular complexity index is 1060. The molecule has 7 heteroatoms. The Morgan fingerprint density at radius 3 is 2.50 bits per heavy atom. The van der Waals surface area contributed by atoms with E-state index in [2.05, 4.69) is 5.16 Å². The number of methoxy groups -OCH3 is 1. The second-order valence-corrected chi connectivity index (χ2v) is 11.7. The van der Waals surface area contributed by atoms with E-state index in [-0.39, 0.29) is 22.7 Å². The fraction of sp³-hybridized carbons (Fsp3) is 0.667. The van der Waals surface area contributed by atoms with Crippen molar-refractivity contribution in [3.8, 4) is 5.75 Å². The molecule has 0 unspecified atom stereocenters. The maximum Gasteiger partial charge on any atom is 0.232 e. The molecule has 1 aromatic heterocycles. The Kier molecular flexibility index (Phi) is 5.07. The van der Waals surface area contributed by atoms with Crippen LogP contribution >= 0.6 is 0 Å². The molecule has 0 spiro atoms. The van der Waals surface area contributed by atoms with Crippen molar-refractivity contribution >= 4 is 11.6 Å². The van der Waals surface area contributed by atoms with Gasteiger partial charge in [0, 0.05) is 35.5 Å². The smallest absolute Gasteiger partial charge is 0.232 e. The molecule has 1 aromatic carbocycles. The Morgan fingerprint density at radius 2 is 1.88 bits per heavy atom. The maximum absolute atomic E-state index is 13.7. The number of nitrogens with zero attached hydrogens (tertiary/aromatic N) is 3. The van der Waals surface area contributed by atoms with Crippen molar-refractivity contribution in [2.24, 2.45) is 11.3 Å². The van der Waals surface area contributed by atoms with Crippen LogP contribution in [0.3, 0.4) is 0 Å². The molecule has 0 atom stereocenters. The summed E-state index contributed by atoms with van der Waals surface area (Å²) < 4.78 is 11.2. The number of carbonyl (C=O) groups excluding carboxylic acids is 1. The zero-order valence-corrected chi connectivity index (χ0v) is 20.3. The summed E-state index contributed by atoms with van der Waals surface area (Å²) in [6.07, 6.45) is 9.72. The number of benzene rings is 1. The number of amides is 1. The summed E-state index contributed by atoms with van der Waals surface area (Å²) in [5.41, 5.74) is 0.279. The molecule has 1 N–H and O–H groups in total. The zero-order chi connectivity index (χ0) is 23.6. The predicted octanol–water partition coefficient (Wildman–Crippen LogP) is 4.74. The Morgan fingerprint density at radius 1 is 1.18 bits per heavy atom. The van der Waals surface area contributed by atoms with Gasteiger partial charge < -0.3 is 19.3 Å². The van der Waals surface area contributed by atoms with Crippen molar-refractivity contribution in [2.75, 3.05) is 18.6 Å². The lowest BCUT2D eigenvalue weighted by Crippen LogP contribution is -2.54. The molecular weight excluding hydrogens is 430 g/mol. The highest BCUT2D eigenvalue weighted by Gasteiger charge is 2.54. The number of aliphatic hydroxyl groups is 1. The molecule has 34 heavy (non-hydrogen) atoms. The van der Waals surface area contributed by atoms with Crippen molar-refractivity contribution in [2.45, 2.75) is 88.1 Å². The van der Waals surface area contributed by atoms with Crippen molar-refractivity contribution < 1.29 is 19.2 Å². The molecule has 7 rings (SSSR count). The first-order valence-corrected chi connectivity index (χ1v) is 12.8. The Balaban J connectivity index is 1.22. The molecule has 5 aliphatic rings. The molecular formula is C27H35N3O4. The van der Waals surface area contributed by atoms with Gasteiger partial charge in [-0.1, -0.05) is 11.2 Å². The van der Waals surface area contributed by atoms with E-state index in [1.807, 2.05) is 36.1 Å². The molecule has 7 nitrogen and oxygen atoms in total. The average molecular weight is 466 g/mol. The number of rotatable bonds is 7. The van der Waals surface area contributed by atoms with Gasteiger partial charge in [0.2, 0.25) is 11.8 Å². The molecule has 2 bridgehead atoms. The maximum atomic E-state index is 13.7. The van der Waals surface area contributed by atoms with E-state index in [4.69, 9.17) is 14.2 Å². The van der Waals surface area contributed by atoms with Crippen LogP contribution in [0.25, 0.3) is 0 Å². The fourth-order valence-corrected chi connectivity index (χ4v) is 6.59. The molecule has 1 heterocycles. The summed E-state index contributed by atoms with van der Waals surface area (Å²) in [6.45, 7) is 2.53. The molecule has 0 saturated heterocycles. The number of hydrogen-bond donors (Lipinski definition) is 1. The summed E-state index contributed by atoms with van der Waals surface area (Å²) in [6, 6.07) is 7.82. The molecule has 5 saturated carbocycles. The van der Waals surface area contributed by atoms with Crippen LogP contribution < -0.4 is 9.64 Å². The first-order chi connectivity index (χ1) is 16.3. The van der Waals surface area contributed by atoms with Crippen LogP contribution in [0.1, 0.15) is 88.8 Å². The zero-order valence-electron chi connectivity index (χ0n) is 20.3. The minimum Gasteiger partial charge on any atom is -0.497 e. The summed E-state index contributed by atoms with van der Waals surface area (Å²) in [5, 5.41) is 14.5. The van der Waals surface area contributed by atoms with Gasteiger partial charge in [-0.3, -0.25) is 4.79 Å². The first-order valence-electron chi connectivity index (χ1n) is 12.8. The largest absolute Gasteiger partial charge is 0.497 e. The number of aromatic nitrogens is 2. The van der Waals surface area contributed by atoms with Gasteiger partial charge in [-0.25, -0.2) is 0 Å². The van der Waals surface area contributed by atoms with Crippen molar-refractivity contribution in [3.63, 3.8) is 0 Å². The Hall–Kier alpha value is -2.41. The van der Waals surface area contributed by atoms with Crippen LogP contribution in [-0.2, 0) is 10.2 Å². The van der Waals surface area contributed by atoms with Gasteiger partial charge in [-0.05, 0) is 88.7 Å². The number of anilines is 1. The summed E-state index contributed by atoms with van der Waals surface area (Å²) in [7, 11) is 1.65. The highest BCUT2D eigenvalue weighted by Crippen LogP contribution is 2.58. The van der Waals surface area contributed by atoms with Gasteiger partial charge in [0.1, 0.15) is 5.75 Å². The van der Waals surface area contributed by atoms with Crippen molar-refractivity contribution in [1.29, 1.82) is 0 Å². The van der Waals surface area contributed by atoms with E-state index in [9.17, 15) is 9.90 Å². The third-order valence-electron chi connectivity index (χ3n) is 9.09. The van der Waals surface area contributed by atoms with Crippen LogP contribution in [0.2, 0.25) is 0 Å². The van der Waals surface area contributed by atoms with Crippen LogP contribution in [-0.4, -0.2) is 40.4 Å². The van der Waals surface area contributed by atoms with Crippen LogP contribution in [0.15, 0.2) is 28.8 Å². The van der Waals surface area contributed by atoms with Crippen LogP contribution in [0.5, 0.6) is 5.75 Å². The van der Waals surface area contributed by atoms with E-state index in [1.54, 1.807) is 7.11 Å². The van der Waals surface area contributed by atoms with Gasteiger partial charge in [0.25, 0.3) is 0 Å². The standard InChI is InChI=1S/C27H35N3O4/c1-25(32)15-19(16-25)23(31)30(20-4-3-5-21(14-20)33-2)17-26-8-11-27(12-9-26,13-10-26)24-28-22(29-34-24)18-6-7-18/h3-5,14,18-19,32H,6-13,15-17H2,1-2H3. The monoisotopic (exact) mass is 465 g/mol. The summed E-state index contributed by atoms with van der Waals surface area (Å²) >= 11 is 0. The normalized spacial score (nSPS) is 34.5. The van der Waals surface area contributed by atoms with E-state index >= 15 is 0 Å². The van der Waals surface area contributed by atoms with Gasteiger partial charge in [0.05, 0.1) is 12.7 Å². The fourth-order valence-electron chi connectivity index (χ4n) is 6.59. The van der Waals surface area contributed by atoms with Gasteiger partial charge in [0.15, 0.2) is 5.82 Å². The molecule has 5 aliphatic carbocycles. The number of ether oxygens (including phenoxy) is 1. The molecule has 0 radical (unpaired) electrons. The molecule has 0 aliphatic heterocycles. The van der Waals surface area contributed by atoms with E-state index in [1.165, 1.54) is 12.8 Å². The van der Waals surface area contributed by atoms with Crippen LogP contribution in [0, 0.1) is 11.3 Å². The van der Waals surface area contributed by atoms with E-state index in [0.717, 1.165) is 61.7 Å². The van der Waals surface area contributed by atoms with Crippen molar-refractivity contribution in [3.05, 3.63) is 36.0 Å². The third-order valence-corrected chi connectivity index (χ3v) is 9.09. The quantitative estimate of drug-likeness (QED) is 0.635. The second-order valence-electron chi connectivity index (χ2n) is 11.7. The van der Waals surface area contributed by atoms with Gasteiger partial charge in [-0.2, -0.15) is 4.98 Å². The first kappa shape index (κ1) is 22.1. The number of hydrogen-bond acceptors (Lipinski definition) is 6.